The zero-order chi connectivity index (χ0) is 29.1. The van der Waals surface area contributed by atoms with Gasteiger partial charge in [-0.1, -0.05) is 0 Å². The molecule has 4 nitrogen and oxygen atoms in total. The summed E-state index contributed by atoms with van der Waals surface area (Å²) in [5.74, 6) is -41.5. The van der Waals surface area contributed by atoms with Crippen molar-refractivity contribution in [3.8, 4) is 0 Å². The predicted molar refractivity (Wildman–Crippen MR) is 82.0 cm³/mol. The van der Waals surface area contributed by atoms with E-state index in [2.05, 4.69) is 12.6 Å². The molecule has 0 fully saturated rings. The molecule has 0 rings (SSSR count). The fourth-order valence-electron chi connectivity index (χ4n) is 1.52. The molecule has 0 bridgehead atoms. The SMILES string of the molecule is C[Si](OP(=O)(O[Si](C)(C(F)(F)F)C(F)(F)F)O[Si](C)(C(F)(F)F)C(F)(F)F)(C(F)(F)F)C(F)(F)F. The number of hydrogen-bond donors (Lipinski definition) is 0. The Kier molecular flexibility index (Phi) is 8.93. The summed E-state index contributed by atoms with van der Waals surface area (Å²) in [6.45, 7) is -3.48. The van der Waals surface area contributed by atoms with Gasteiger partial charge in [0.1, 0.15) is 0 Å². The van der Waals surface area contributed by atoms with Crippen LogP contribution in [0.15, 0.2) is 0 Å². The first-order valence-electron chi connectivity index (χ1n) is 7.74. The van der Waals surface area contributed by atoms with E-state index >= 15 is 0 Å². The van der Waals surface area contributed by atoms with Crippen molar-refractivity contribution in [2.24, 2.45) is 0 Å². The van der Waals surface area contributed by atoms with Crippen molar-refractivity contribution in [3.63, 3.8) is 0 Å². The van der Waals surface area contributed by atoms with Gasteiger partial charge in [-0.25, -0.2) is 4.57 Å². The molecule has 212 valence electrons. The second kappa shape index (κ2) is 9.06. The van der Waals surface area contributed by atoms with E-state index in [1.165, 1.54) is 0 Å². The average molecular weight is 638 g/mol. The van der Waals surface area contributed by atoms with Crippen molar-refractivity contribution >= 4 is 32.8 Å². The Hall–Kier alpha value is -0.499. The lowest BCUT2D eigenvalue weighted by molar-refractivity contribution is -0.138. The second-order valence-electron chi connectivity index (χ2n) is 6.81. The normalized spacial score (nSPS) is 16.6. The molecule has 0 amide bonds. The first kappa shape index (κ1) is 34.5. The molecule has 26 heteroatoms. The van der Waals surface area contributed by atoms with E-state index in [0.717, 1.165) is 0 Å². The molecule has 0 aliphatic heterocycles. The molecule has 35 heavy (non-hydrogen) atoms. The van der Waals surface area contributed by atoms with Crippen LogP contribution in [0.5, 0.6) is 0 Å². The molecule has 0 aromatic heterocycles. The molecule has 0 atom stereocenters. The van der Waals surface area contributed by atoms with Crippen molar-refractivity contribution in [2.75, 3.05) is 0 Å². The van der Waals surface area contributed by atoms with E-state index in [9.17, 15) is 83.6 Å². The van der Waals surface area contributed by atoms with E-state index < -0.39 is 87.2 Å². The summed E-state index contributed by atoms with van der Waals surface area (Å²) in [7, 11) is -32.8. The standard InChI is InChI=1S/C9H9F18O4PSi3/c1-33(4(10,11)12,5(13,14)15)29-32(28,30-34(2,6(16,17)18)7(19,20)21)31-35(3,8(22,23)24)9(25,26)27/h1-3H3. The number of phosphoric acid groups is 1. The van der Waals surface area contributed by atoms with E-state index in [1.54, 1.807) is 0 Å². The van der Waals surface area contributed by atoms with Gasteiger partial charge in [0, 0.05) is 0 Å². The third-order valence-electron chi connectivity index (χ3n) is 4.13. The van der Waals surface area contributed by atoms with Crippen LogP contribution in [0.2, 0.25) is 19.6 Å². The van der Waals surface area contributed by atoms with Crippen LogP contribution in [0.1, 0.15) is 0 Å². The van der Waals surface area contributed by atoms with Gasteiger partial charge in [-0.2, -0.15) is 79.0 Å². The molecule has 0 saturated heterocycles. The van der Waals surface area contributed by atoms with Crippen LogP contribution in [0.4, 0.5) is 79.0 Å². The second-order valence-corrected chi connectivity index (χ2v) is 19.5. The van der Waals surface area contributed by atoms with Gasteiger partial charge in [0.25, 0.3) is 0 Å². The van der Waals surface area contributed by atoms with Crippen molar-refractivity contribution in [1.29, 1.82) is 0 Å². The van der Waals surface area contributed by atoms with Crippen LogP contribution in [0.3, 0.4) is 0 Å². The van der Waals surface area contributed by atoms with Crippen LogP contribution in [-0.2, 0) is 17.2 Å². The van der Waals surface area contributed by atoms with Gasteiger partial charge in [-0.05, 0) is 19.6 Å². The molecule has 0 saturated carbocycles. The van der Waals surface area contributed by atoms with Gasteiger partial charge in [-0.3, -0.25) is 0 Å². The highest BCUT2D eigenvalue weighted by Gasteiger charge is 2.82. The summed E-state index contributed by atoms with van der Waals surface area (Å²) >= 11 is 0. The molecule has 0 heterocycles. The first-order valence-corrected chi connectivity index (χ1v) is 16.4. The van der Waals surface area contributed by atoms with Crippen LogP contribution >= 0.6 is 7.82 Å². The largest absolute Gasteiger partial charge is 0.447 e. The molecule has 0 N–H and O–H groups in total. The van der Waals surface area contributed by atoms with Crippen LogP contribution < -0.4 is 0 Å². The van der Waals surface area contributed by atoms with E-state index in [1.807, 2.05) is 0 Å². The lowest BCUT2D eigenvalue weighted by Gasteiger charge is -2.40. The fraction of sp³-hybridized carbons (Fsp3) is 1.00. The van der Waals surface area contributed by atoms with Crippen molar-refractivity contribution in [3.05, 3.63) is 0 Å². The van der Waals surface area contributed by atoms with Gasteiger partial charge in [0.2, 0.25) is 0 Å². The van der Waals surface area contributed by atoms with Gasteiger partial charge < -0.3 is 12.6 Å². The lowest BCUT2D eigenvalue weighted by Crippen LogP contribution is -2.66. The molecular weight excluding hydrogens is 629 g/mol. The van der Waals surface area contributed by atoms with Crippen molar-refractivity contribution in [2.45, 2.75) is 54.4 Å². The molecule has 0 aromatic carbocycles. The maximum Gasteiger partial charge on any atom is 0.447 e. The minimum Gasteiger partial charge on any atom is -0.309 e. The molecule has 0 aliphatic carbocycles. The summed E-state index contributed by atoms with van der Waals surface area (Å²) in [5, 5.41) is 0. The molecule has 0 aliphatic rings. The number of halogens is 18. The number of alkyl halides is 18. The minimum absolute atomic E-state index is 1.16. The number of hydrogen-bond acceptors (Lipinski definition) is 4. The van der Waals surface area contributed by atoms with Gasteiger partial charge in [0.05, 0.1) is 0 Å². The van der Waals surface area contributed by atoms with E-state index in [0.29, 0.717) is 0 Å². The average Bonchev–Trinajstić information content (AvgIpc) is 2.47. The summed E-state index contributed by atoms with van der Waals surface area (Å²) in [5.41, 5.74) is 0. The predicted octanol–water partition coefficient (Wildman–Crippen LogP) is 7.48. The topological polar surface area (TPSA) is 44.8 Å². The molecule has 0 spiro atoms. The Morgan fingerprint density at radius 1 is 0.400 bits per heavy atom. The zero-order valence-corrected chi connectivity index (χ0v) is 20.3. The molecule has 0 radical (unpaired) electrons. The Labute approximate surface area is 184 Å². The highest BCUT2D eigenvalue weighted by Crippen LogP contribution is 2.65. The minimum atomic E-state index is -8.30. The van der Waals surface area contributed by atoms with Gasteiger partial charge >= 0.3 is 67.6 Å². The smallest absolute Gasteiger partial charge is 0.309 e. The third-order valence-corrected chi connectivity index (χ3v) is 17.7. The van der Waals surface area contributed by atoms with Crippen molar-refractivity contribution in [1.82, 2.24) is 0 Å². The highest BCUT2D eigenvalue weighted by molar-refractivity contribution is 7.54. The lowest BCUT2D eigenvalue weighted by atomic mass is 11.5. The Morgan fingerprint density at radius 3 is 0.600 bits per heavy atom. The molecule has 0 aromatic rings. The summed E-state index contributed by atoms with van der Waals surface area (Å²) in [4.78, 5) is 0. The summed E-state index contributed by atoms with van der Waals surface area (Å²) in [6.07, 6.45) is 0. The summed E-state index contributed by atoms with van der Waals surface area (Å²) < 4.78 is 256. The maximum atomic E-state index is 13.1. The Bertz CT molecular complexity index is 660. The molecule has 0 unspecified atom stereocenters. The summed E-state index contributed by atoms with van der Waals surface area (Å²) in [6, 6.07) is 0. The Balaban J connectivity index is 7.42. The monoisotopic (exact) mass is 638 g/mol. The van der Waals surface area contributed by atoms with Crippen LogP contribution in [0, 0.1) is 0 Å². The quantitative estimate of drug-likeness (QED) is 0.172. The van der Waals surface area contributed by atoms with Crippen molar-refractivity contribution < 1.29 is 96.2 Å². The van der Waals surface area contributed by atoms with E-state index in [4.69, 9.17) is 0 Å². The first-order chi connectivity index (χ1) is 14.6. The molecular formula is C9H9F18O4PSi3. The van der Waals surface area contributed by atoms with Gasteiger partial charge in [0.15, 0.2) is 0 Å². The van der Waals surface area contributed by atoms with E-state index in [-0.39, 0.29) is 0 Å². The zero-order valence-electron chi connectivity index (χ0n) is 16.4. The van der Waals surface area contributed by atoms with Gasteiger partial charge in [-0.15, -0.1) is 0 Å². The van der Waals surface area contributed by atoms with Crippen LogP contribution in [0.25, 0.3) is 0 Å². The third kappa shape index (κ3) is 6.50. The maximum absolute atomic E-state index is 13.1. The number of rotatable bonds is 6. The van der Waals surface area contributed by atoms with Crippen LogP contribution in [-0.4, -0.2) is 59.7 Å². The highest BCUT2D eigenvalue weighted by atomic mass is 31.2. The fourth-order valence-corrected chi connectivity index (χ4v) is 11.8. The Morgan fingerprint density at radius 2 is 0.514 bits per heavy atom.